The van der Waals surface area contributed by atoms with E-state index in [1.807, 2.05) is 13.0 Å². The summed E-state index contributed by atoms with van der Waals surface area (Å²) in [5, 5.41) is 13.1. The Bertz CT molecular complexity index is 1240. The Labute approximate surface area is 204 Å². The second kappa shape index (κ2) is 11.0. The smallest absolute Gasteiger partial charge is 0.266 e. The van der Waals surface area contributed by atoms with Gasteiger partial charge in [-0.25, -0.2) is 0 Å². The topological polar surface area (TPSA) is 62.1 Å². The number of anilines is 1. The van der Waals surface area contributed by atoms with Crippen molar-refractivity contribution >= 4 is 40.9 Å². The van der Waals surface area contributed by atoms with E-state index in [2.05, 4.69) is 37.4 Å². The molecule has 0 saturated heterocycles. The molecule has 0 radical (unpaired) electrons. The van der Waals surface area contributed by atoms with Crippen LogP contribution in [0.3, 0.4) is 0 Å². The largest absolute Gasteiger partial charge is 0.494 e. The quantitative estimate of drug-likeness (QED) is 0.289. The predicted octanol–water partition coefficient (Wildman–Crippen LogP) is 7.15. The number of amides is 1. The van der Waals surface area contributed by atoms with E-state index in [1.165, 1.54) is 17.2 Å². The molecule has 4 nitrogen and oxygen atoms in total. The molecule has 1 amide bonds. The Morgan fingerprint density at radius 1 is 1.06 bits per heavy atom. The molecule has 0 fully saturated rings. The van der Waals surface area contributed by atoms with Gasteiger partial charge in [0.25, 0.3) is 5.91 Å². The lowest BCUT2D eigenvalue weighted by atomic mass is 9.98. The maximum Gasteiger partial charge on any atom is 0.266 e. The van der Waals surface area contributed by atoms with Crippen LogP contribution < -0.4 is 10.1 Å². The summed E-state index contributed by atoms with van der Waals surface area (Å²) in [5.74, 6) is 0.0678. The second-order valence-electron chi connectivity index (χ2n) is 7.69. The molecule has 33 heavy (non-hydrogen) atoms. The van der Waals surface area contributed by atoms with E-state index in [-0.39, 0.29) is 5.57 Å². The highest BCUT2D eigenvalue weighted by Crippen LogP contribution is 2.32. The number of nitrogens with one attached hydrogen (secondary N) is 1. The molecule has 0 aliphatic carbocycles. The number of nitriles is 1. The summed E-state index contributed by atoms with van der Waals surface area (Å²) in [6, 6.07) is 18.7. The minimum atomic E-state index is -0.556. The molecule has 1 N–H and O–H groups in total. The SMILES string of the molecule is CCOc1cc(/C=C(\C#N)C(=O)Nc2ccccc2Cl)cc(Cl)c1Cc1cc(C)cc(C)c1. The number of para-hydroxylation sites is 1. The Morgan fingerprint density at radius 2 is 1.76 bits per heavy atom. The molecule has 0 bridgehead atoms. The number of carbonyl (C=O) groups excluding carboxylic acids is 1. The van der Waals surface area contributed by atoms with Gasteiger partial charge in [0, 0.05) is 17.0 Å². The van der Waals surface area contributed by atoms with Gasteiger partial charge in [0.1, 0.15) is 17.4 Å². The molecular weight excluding hydrogens is 455 g/mol. The summed E-state index contributed by atoms with van der Waals surface area (Å²) in [6.45, 7) is 6.48. The minimum Gasteiger partial charge on any atom is -0.494 e. The first-order valence-corrected chi connectivity index (χ1v) is 11.3. The first kappa shape index (κ1) is 24.4. The Kier molecular flexibility index (Phi) is 8.16. The van der Waals surface area contributed by atoms with Crippen LogP contribution in [-0.4, -0.2) is 12.5 Å². The molecule has 0 atom stereocenters. The van der Waals surface area contributed by atoms with Crippen LogP contribution in [0.15, 0.2) is 60.2 Å². The highest BCUT2D eigenvalue weighted by Gasteiger charge is 2.15. The van der Waals surface area contributed by atoms with Crippen LogP contribution in [0.1, 0.15) is 34.7 Å². The van der Waals surface area contributed by atoms with Gasteiger partial charge in [-0.05, 0) is 62.2 Å². The average molecular weight is 479 g/mol. The number of ether oxygens (including phenoxy) is 1. The normalized spacial score (nSPS) is 11.1. The monoisotopic (exact) mass is 478 g/mol. The Morgan fingerprint density at radius 3 is 2.39 bits per heavy atom. The zero-order valence-corrected chi connectivity index (χ0v) is 20.2. The van der Waals surface area contributed by atoms with E-state index in [0.29, 0.717) is 40.1 Å². The summed E-state index contributed by atoms with van der Waals surface area (Å²) in [4.78, 5) is 12.6. The van der Waals surface area contributed by atoms with Crippen LogP contribution in [0.25, 0.3) is 6.08 Å². The fourth-order valence-corrected chi connectivity index (χ4v) is 4.08. The third kappa shape index (κ3) is 6.38. The van der Waals surface area contributed by atoms with Crippen molar-refractivity contribution in [3.63, 3.8) is 0 Å². The van der Waals surface area contributed by atoms with E-state index < -0.39 is 5.91 Å². The third-order valence-corrected chi connectivity index (χ3v) is 5.60. The van der Waals surface area contributed by atoms with E-state index in [1.54, 1.807) is 36.4 Å². The summed E-state index contributed by atoms with van der Waals surface area (Å²) >= 11 is 12.8. The van der Waals surface area contributed by atoms with Gasteiger partial charge in [0.05, 0.1) is 17.3 Å². The number of rotatable bonds is 7. The van der Waals surface area contributed by atoms with Crippen molar-refractivity contribution in [3.8, 4) is 11.8 Å². The van der Waals surface area contributed by atoms with Crippen LogP contribution in [0.4, 0.5) is 5.69 Å². The van der Waals surface area contributed by atoms with Gasteiger partial charge in [0.15, 0.2) is 0 Å². The first-order valence-electron chi connectivity index (χ1n) is 10.5. The second-order valence-corrected chi connectivity index (χ2v) is 8.50. The van der Waals surface area contributed by atoms with Gasteiger partial charge < -0.3 is 10.1 Å². The van der Waals surface area contributed by atoms with Crippen molar-refractivity contribution in [3.05, 3.63) is 98.0 Å². The fraction of sp³-hybridized carbons (Fsp3) is 0.185. The van der Waals surface area contributed by atoms with Gasteiger partial charge in [-0.3, -0.25) is 4.79 Å². The van der Waals surface area contributed by atoms with E-state index in [9.17, 15) is 10.1 Å². The Balaban J connectivity index is 1.94. The van der Waals surface area contributed by atoms with E-state index in [0.717, 1.165) is 11.1 Å². The number of nitrogens with zero attached hydrogens (tertiary/aromatic N) is 1. The summed E-state index contributed by atoms with van der Waals surface area (Å²) in [5.41, 5.74) is 5.31. The molecule has 3 aromatic carbocycles. The molecule has 0 aromatic heterocycles. The number of halogens is 2. The van der Waals surface area contributed by atoms with Crippen molar-refractivity contribution in [1.29, 1.82) is 5.26 Å². The molecule has 0 unspecified atom stereocenters. The van der Waals surface area contributed by atoms with E-state index >= 15 is 0 Å². The highest BCUT2D eigenvalue weighted by molar-refractivity contribution is 6.34. The lowest BCUT2D eigenvalue weighted by molar-refractivity contribution is -0.112. The number of carbonyl (C=O) groups is 1. The number of benzene rings is 3. The van der Waals surface area contributed by atoms with Crippen LogP contribution in [0.5, 0.6) is 5.75 Å². The van der Waals surface area contributed by atoms with E-state index in [4.69, 9.17) is 27.9 Å². The predicted molar refractivity (Wildman–Crippen MR) is 135 cm³/mol. The molecule has 0 spiro atoms. The van der Waals surface area contributed by atoms with Crippen molar-refractivity contribution in [1.82, 2.24) is 0 Å². The zero-order chi connectivity index (χ0) is 24.0. The van der Waals surface area contributed by atoms with Crippen LogP contribution >= 0.6 is 23.2 Å². The van der Waals surface area contributed by atoms with Crippen LogP contribution in [0, 0.1) is 25.2 Å². The lowest BCUT2D eigenvalue weighted by Crippen LogP contribution is -2.13. The van der Waals surface area contributed by atoms with Crippen molar-refractivity contribution in [2.45, 2.75) is 27.2 Å². The van der Waals surface area contributed by atoms with Crippen LogP contribution in [0.2, 0.25) is 10.0 Å². The first-order chi connectivity index (χ1) is 15.8. The molecule has 6 heteroatoms. The standard InChI is InChI=1S/C27H24Cl2N2O2/c1-4-33-26-15-20(12-21(16-30)27(32)31-25-8-6-5-7-23(25)28)14-24(29)22(26)13-19-10-17(2)9-18(3)11-19/h5-12,14-15H,4,13H2,1-3H3,(H,31,32)/b21-12+. The molecule has 0 saturated carbocycles. The number of hydrogen-bond acceptors (Lipinski definition) is 3. The molecule has 168 valence electrons. The van der Waals surface area contributed by atoms with Crippen LogP contribution in [-0.2, 0) is 11.2 Å². The van der Waals surface area contributed by atoms with Gasteiger partial charge in [-0.15, -0.1) is 0 Å². The van der Waals surface area contributed by atoms with Gasteiger partial charge in [-0.2, -0.15) is 5.26 Å². The molecule has 0 aliphatic rings. The maximum absolute atomic E-state index is 12.6. The number of hydrogen-bond donors (Lipinski definition) is 1. The number of aryl methyl sites for hydroxylation is 2. The summed E-state index contributed by atoms with van der Waals surface area (Å²) < 4.78 is 5.86. The van der Waals surface area contributed by atoms with Crippen molar-refractivity contribution < 1.29 is 9.53 Å². The summed E-state index contributed by atoms with van der Waals surface area (Å²) in [6.07, 6.45) is 2.10. The summed E-state index contributed by atoms with van der Waals surface area (Å²) in [7, 11) is 0. The fourth-order valence-electron chi connectivity index (χ4n) is 3.61. The molecule has 0 heterocycles. The molecule has 0 aliphatic heterocycles. The van der Waals surface area contributed by atoms with Crippen molar-refractivity contribution in [2.75, 3.05) is 11.9 Å². The highest BCUT2D eigenvalue weighted by atomic mass is 35.5. The molecule has 3 rings (SSSR count). The van der Waals surface area contributed by atoms with Gasteiger partial charge in [-0.1, -0.05) is 64.7 Å². The average Bonchev–Trinajstić information content (AvgIpc) is 2.75. The molecular formula is C27H24Cl2N2O2. The van der Waals surface area contributed by atoms with Gasteiger partial charge >= 0.3 is 0 Å². The van der Waals surface area contributed by atoms with Gasteiger partial charge in [0.2, 0.25) is 0 Å². The molecule has 3 aromatic rings. The Hall–Kier alpha value is -3.26. The maximum atomic E-state index is 12.6. The zero-order valence-electron chi connectivity index (χ0n) is 18.7. The van der Waals surface area contributed by atoms with Crippen molar-refractivity contribution in [2.24, 2.45) is 0 Å². The third-order valence-electron chi connectivity index (χ3n) is 4.94. The lowest BCUT2D eigenvalue weighted by Gasteiger charge is -2.15. The minimum absolute atomic E-state index is 0.0736.